The highest BCUT2D eigenvalue weighted by Gasteiger charge is 2.21. The highest BCUT2D eigenvalue weighted by atomic mass is 79.9. The molecule has 1 rings (SSSR count). The Morgan fingerprint density at radius 2 is 1.94 bits per heavy atom. The summed E-state index contributed by atoms with van der Waals surface area (Å²) < 4.78 is 0. The number of carbonyl (C=O) groups is 2. The first-order valence-corrected chi connectivity index (χ1v) is 6.38. The molecule has 0 saturated carbocycles. The second-order valence-corrected chi connectivity index (χ2v) is 4.31. The number of halogens is 1. The highest BCUT2D eigenvalue weighted by Crippen LogP contribution is 2.25. The lowest BCUT2D eigenvalue weighted by molar-refractivity contribution is -0.147. The minimum Gasteiger partial charge on any atom is -0.481 e. The quantitative estimate of drug-likeness (QED) is 0.694. The van der Waals surface area contributed by atoms with Crippen LogP contribution < -0.4 is 0 Å². The molecule has 0 fully saturated rings. The van der Waals surface area contributed by atoms with Crippen LogP contribution in [0.25, 0.3) is 0 Å². The van der Waals surface area contributed by atoms with E-state index in [0.29, 0.717) is 10.9 Å². The standard InChI is InChI=1S/C12H13BrO5/c13-6-7-2-1-3-9(11(16)12(17)18)8(7)4-5-10(14)15/h1-3,11,16H,4-6H2,(H,14,15)(H,17,18). The molecule has 1 atom stereocenters. The second kappa shape index (κ2) is 6.51. The third kappa shape index (κ3) is 3.54. The fraction of sp³-hybridized carbons (Fsp3) is 0.333. The van der Waals surface area contributed by atoms with Crippen LogP contribution in [-0.2, 0) is 21.3 Å². The van der Waals surface area contributed by atoms with Gasteiger partial charge in [0, 0.05) is 11.8 Å². The molecule has 0 amide bonds. The molecule has 0 saturated heterocycles. The summed E-state index contributed by atoms with van der Waals surface area (Å²) in [6.07, 6.45) is -1.55. The Labute approximate surface area is 112 Å². The molecule has 1 aromatic rings. The molecule has 6 heteroatoms. The zero-order valence-corrected chi connectivity index (χ0v) is 11.1. The Kier molecular flexibility index (Phi) is 5.30. The van der Waals surface area contributed by atoms with Crippen LogP contribution in [0.15, 0.2) is 18.2 Å². The number of aliphatic hydroxyl groups excluding tert-OH is 1. The van der Waals surface area contributed by atoms with Crippen molar-refractivity contribution in [3.05, 3.63) is 34.9 Å². The number of alkyl halides is 1. The molecule has 0 heterocycles. The Morgan fingerprint density at radius 1 is 1.28 bits per heavy atom. The van der Waals surface area contributed by atoms with Crippen molar-refractivity contribution < 1.29 is 24.9 Å². The van der Waals surface area contributed by atoms with Gasteiger partial charge in [-0.3, -0.25) is 4.79 Å². The predicted octanol–water partition coefficient (Wildman–Crippen LogP) is 1.72. The SMILES string of the molecule is O=C(O)CCc1c(CBr)cccc1C(O)C(=O)O. The molecule has 5 nitrogen and oxygen atoms in total. The topological polar surface area (TPSA) is 94.8 Å². The zero-order valence-electron chi connectivity index (χ0n) is 9.47. The Bertz CT molecular complexity index is 458. The minimum absolute atomic E-state index is 0.108. The first kappa shape index (κ1) is 14.7. The fourth-order valence-electron chi connectivity index (χ4n) is 1.71. The van der Waals surface area contributed by atoms with Crippen molar-refractivity contribution in [2.75, 3.05) is 0 Å². The molecular formula is C12H13BrO5. The van der Waals surface area contributed by atoms with Crippen molar-refractivity contribution in [1.29, 1.82) is 0 Å². The number of aliphatic carboxylic acids is 2. The van der Waals surface area contributed by atoms with Crippen LogP contribution in [0.4, 0.5) is 0 Å². The van der Waals surface area contributed by atoms with Gasteiger partial charge in [0.1, 0.15) is 0 Å². The molecule has 0 aliphatic rings. The Morgan fingerprint density at radius 3 is 2.44 bits per heavy atom. The molecule has 18 heavy (non-hydrogen) atoms. The van der Waals surface area contributed by atoms with Gasteiger partial charge in [-0.1, -0.05) is 34.1 Å². The van der Waals surface area contributed by atoms with E-state index in [2.05, 4.69) is 15.9 Å². The fourth-order valence-corrected chi connectivity index (χ4v) is 2.23. The molecule has 98 valence electrons. The highest BCUT2D eigenvalue weighted by molar-refractivity contribution is 9.08. The van der Waals surface area contributed by atoms with E-state index in [1.165, 1.54) is 6.07 Å². The predicted molar refractivity (Wildman–Crippen MR) is 67.6 cm³/mol. The summed E-state index contributed by atoms with van der Waals surface area (Å²) in [5.74, 6) is -2.31. The second-order valence-electron chi connectivity index (χ2n) is 3.75. The van der Waals surface area contributed by atoms with Crippen molar-refractivity contribution in [1.82, 2.24) is 0 Å². The van der Waals surface area contributed by atoms with Gasteiger partial charge >= 0.3 is 11.9 Å². The van der Waals surface area contributed by atoms with Gasteiger partial charge < -0.3 is 15.3 Å². The van der Waals surface area contributed by atoms with E-state index in [0.717, 1.165) is 5.56 Å². The van der Waals surface area contributed by atoms with Crippen LogP contribution in [0.5, 0.6) is 0 Å². The van der Waals surface area contributed by atoms with Crippen LogP contribution >= 0.6 is 15.9 Å². The molecule has 0 radical (unpaired) electrons. The van der Waals surface area contributed by atoms with E-state index < -0.39 is 18.0 Å². The van der Waals surface area contributed by atoms with Crippen LogP contribution in [0.2, 0.25) is 0 Å². The largest absolute Gasteiger partial charge is 0.481 e. The first-order valence-electron chi connectivity index (χ1n) is 5.26. The van der Waals surface area contributed by atoms with E-state index in [4.69, 9.17) is 10.2 Å². The van der Waals surface area contributed by atoms with Crippen molar-refractivity contribution in [3.63, 3.8) is 0 Å². The Hall–Kier alpha value is -1.40. The van der Waals surface area contributed by atoms with Crippen LogP contribution in [-0.4, -0.2) is 27.3 Å². The maximum atomic E-state index is 10.8. The van der Waals surface area contributed by atoms with Gasteiger partial charge in [-0.05, 0) is 23.1 Å². The van der Waals surface area contributed by atoms with Crippen LogP contribution in [0.3, 0.4) is 0 Å². The number of aliphatic hydroxyl groups is 1. The molecule has 1 unspecified atom stereocenters. The molecule has 0 aliphatic heterocycles. The van der Waals surface area contributed by atoms with Crippen molar-refractivity contribution in [2.24, 2.45) is 0 Å². The zero-order chi connectivity index (χ0) is 13.7. The summed E-state index contributed by atoms with van der Waals surface area (Å²) >= 11 is 3.26. The van der Waals surface area contributed by atoms with Crippen molar-refractivity contribution >= 4 is 27.9 Å². The number of hydrogen-bond acceptors (Lipinski definition) is 3. The van der Waals surface area contributed by atoms with E-state index in [1.807, 2.05) is 0 Å². The molecule has 0 aromatic heterocycles. The number of carboxylic acids is 2. The summed E-state index contributed by atoms with van der Waals surface area (Å²) in [7, 11) is 0. The van der Waals surface area contributed by atoms with Crippen molar-refractivity contribution in [2.45, 2.75) is 24.3 Å². The third-order valence-corrected chi connectivity index (χ3v) is 3.17. The molecule has 1 aromatic carbocycles. The van der Waals surface area contributed by atoms with Gasteiger partial charge in [0.25, 0.3) is 0 Å². The van der Waals surface area contributed by atoms with Gasteiger partial charge in [-0.2, -0.15) is 0 Å². The number of rotatable bonds is 6. The number of hydrogen-bond donors (Lipinski definition) is 3. The first-order chi connectivity index (χ1) is 8.47. The van der Waals surface area contributed by atoms with E-state index in [9.17, 15) is 14.7 Å². The van der Waals surface area contributed by atoms with Crippen LogP contribution in [0.1, 0.15) is 29.2 Å². The van der Waals surface area contributed by atoms with Gasteiger partial charge in [0.05, 0.1) is 0 Å². The summed E-state index contributed by atoms with van der Waals surface area (Å²) in [4.78, 5) is 21.4. The lowest BCUT2D eigenvalue weighted by Gasteiger charge is -2.15. The van der Waals surface area contributed by atoms with Crippen molar-refractivity contribution in [3.8, 4) is 0 Å². The molecule has 0 aliphatic carbocycles. The van der Waals surface area contributed by atoms with E-state index in [1.54, 1.807) is 12.1 Å². The molecule has 0 spiro atoms. The van der Waals surface area contributed by atoms with Gasteiger partial charge in [-0.15, -0.1) is 0 Å². The summed E-state index contributed by atoms with van der Waals surface area (Å²) in [6.45, 7) is 0. The average Bonchev–Trinajstić information content (AvgIpc) is 2.34. The lowest BCUT2D eigenvalue weighted by Crippen LogP contribution is -2.14. The molecular weight excluding hydrogens is 304 g/mol. The molecule has 0 bridgehead atoms. The van der Waals surface area contributed by atoms with Gasteiger partial charge in [0.2, 0.25) is 0 Å². The van der Waals surface area contributed by atoms with Gasteiger partial charge in [-0.25, -0.2) is 4.79 Å². The third-order valence-electron chi connectivity index (χ3n) is 2.57. The maximum Gasteiger partial charge on any atom is 0.337 e. The summed E-state index contributed by atoms with van der Waals surface area (Å²) in [6, 6.07) is 4.91. The van der Waals surface area contributed by atoms with E-state index >= 15 is 0 Å². The summed E-state index contributed by atoms with van der Waals surface area (Å²) in [5, 5.41) is 27.6. The smallest absolute Gasteiger partial charge is 0.337 e. The summed E-state index contributed by atoms with van der Waals surface area (Å²) in [5.41, 5.74) is 1.61. The normalized spacial score (nSPS) is 12.1. The monoisotopic (exact) mass is 316 g/mol. The number of carboxylic acid groups (broad SMARTS) is 2. The van der Waals surface area contributed by atoms with Gasteiger partial charge in [0.15, 0.2) is 6.10 Å². The average molecular weight is 317 g/mol. The Balaban J connectivity index is 3.15. The molecule has 3 N–H and O–H groups in total. The lowest BCUT2D eigenvalue weighted by atomic mass is 9.94. The number of benzene rings is 1. The maximum absolute atomic E-state index is 10.8. The van der Waals surface area contributed by atoms with E-state index in [-0.39, 0.29) is 18.4 Å². The minimum atomic E-state index is -1.63. The van der Waals surface area contributed by atoms with Crippen LogP contribution in [0, 0.1) is 0 Å².